The smallest absolute Gasteiger partial charge is 0.226 e. The van der Waals surface area contributed by atoms with Crippen LogP contribution in [0.1, 0.15) is 19.3 Å². The van der Waals surface area contributed by atoms with Crippen LogP contribution in [0, 0.1) is 5.92 Å². The maximum atomic E-state index is 12.5. The summed E-state index contributed by atoms with van der Waals surface area (Å²) in [7, 11) is -3.02. The minimum absolute atomic E-state index is 0.00717. The molecule has 3 heterocycles. The van der Waals surface area contributed by atoms with Crippen LogP contribution in [0.2, 0.25) is 0 Å². The summed E-state index contributed by atoms with van der Waals surface area (Å²) in [6.45, 7) is 1.26. The van der Waals surface area contributed by atoms with Crippen LogP contribution in [0.4, 0.5) is 0 Å². The number of aromatic amines is 1. The monoisotopic (exact) mass is 362 g/mol. The molecule has 1 N–H and O–H groups in total. The highest BCUT2D eigenvalue weighted by Crippen LogP contribution is 2.28. The zero-order chi connectivity index (χ0) is 17.4. The van der Waals surface area contributed by atoms with Crippen LogP contribution in [0.3, 0.4) is 0 Å². The van der Waals surface area contributed by atoms with Gasteiger partial charge in [0.15, 0.2) is 9.84 Å². The number of hydrogen-bond donors (Lipinski definition) is 1. The van der Waals surface area contributed by atoms with Gasteiger partial charge in [-0.15, -0.1) is 0 Å². The predicted octanol–water partition coefficient (Wildman–Crippen LogP) is 1.97. The maximum Gasteiger partial charge on any atom is 0.226 e. The summed E-state index contributed by atoms with van der Waals surface area (Å²) in [6, 6.07) is 7.95. The van der Waals surface area contributed by atoms with Gasteiger partial charge in [0, 0.05) is 43.0 Å². The highest BCUT2D eigenvalue weighted by molar-refractivity contribution is 7.91. The second-order valence-corrected chi connectivity index (χ2v) is 9.17. The number of aromatic nitrogens is 1. The number of rotatable bonds is 3. The number of carbonyl (C=O) groups is 1. The third-order valence-corrected chi connectivity index (χ3v) is 6.95. The normalized spacial score (nSPS) is 23.8. The molecule has 1 aromatic carbocycles. The minimum Gasteiger partial charge on any atom is -0.490 e. The van der Waals surface area contributed by atoms with E-state index in [0.717, 1.165) is 29.5 Å². The zero-order valence-corrected chi connectivity index (χ0v) is 14.8. The van der Waals surface area contributed by atoms with E-state index in [1.54, 1.807) is 0 Å². The molecule has 1 atom stereocenters. The summed E-state index contributed by atoms with van der Waals surface area (Å²) in [4.78, 5) is 17.5. The lowest BCUT2D eigenvalue weighted by molar-refractivity contribution is -0.136. The number of hydrogen-bond acceptors (Lipinski definition) is 4. The van der Waals surface area contributed by atoms with Gasteiger partial charge >= 0.3 is 0 Å². The number of nitrogens with one attached hydrogen (secondary N) is 1. The minimum atomic E-state index is -3.02. The maximum absolute atomic E-state index is 12.5. The Morgan fingerprint density at radius 2 is 1.96 bits per heavy atom. The molecular weight excluding hydrogens is 340 g/mol. The van der Waals surface area contributed by atoms with Crippen molar-refractivity contribution in [2.45, 2.75) is 25.4 Å². The molecule has 2 fully saturated rings. The van der Waals surface area contributed by atoms with Crippen LogP contribution < -0.4 is 4.74 Å². The van der Waals surface area contributed by atoms with Gasteiger partial charge in [0.2, 0.25) is 5.91 Å². The third kappa shape index (κ3) is 3.38. The van der Waals surface area contributed by atoms with E-state index in [-0.39, 0.29) is 29.4 Å². The van der Waals surface area contributed by atoms with Crippen LogP contribution in [0.15, 0.2) is 30.5 Å². The number of fused-ring (bicyclic) bond motifs is 1. The van der Waals surface area contributed by atoms with E-state index in [1.807, 2.05) is 35.4 Å². The summed E-state index contributed by atoms with van der Waals surface area (Å²) < 4.78 is 29.3. The molecule has 0 radical (unpaired) electrons. The van der Waals surface area contributed by atoms with Crippen molar-refractivity contribution in [1.29, 1.82) is 0 Å². The van der Waals surface area contributed by atoms with E-state index in [2.05, 4.69) is 4.98 Å². The average molecular weight is 362 g/mol. The van der Waals surface area contributed by atoms with E-state index < -0.39 is 9.84 Å². The lowest BCUT2D eigenvalue weighted by atomic mass is 10.0. The summed E-state index contributed by atoms with van der Waals surface area (Å²) in [5.74, 6) is 0.662. The number of sulfone groups is 1. The molecule has 1 aromatic heterocycles. The average Bonchev–Trinajstić information content (AvgIpc) is 3.22. The molecule has 7 heteroatoms. The zero-order valence-electron chi connectivity index (χ0n) is 14.0. The van der Waals surface area contributed by atoms with Crippen molar-refractivity contribution in [3.8, 4) is 5.75 Å². The molecule has 1 amide bonds. The molecule has 6 nitrogen and oxygen atoms in total. The number of benzene rings is 1. The Labute approximate surface area is 147 Å². The van der Waals surface area contributed by atoms with Gasteiger partial charge in [0.05, 0.1) is 17.4 Å². The third-order valence-electron chi connectivity index (χ3n) is 5.18. The lowest BCUT2D eigenvalue weighted by Crippen LogP contribution is -2.44. The molecule has 2 saturated heterocycles. The molecule has 1 unspecified atom stereocenters. The van der Waals surface area contributed by atoms with Crippen molar-refractivity contribution in [3.05, 3.63) is 30.5 Å². The Morgan fingerprint density at radius 3 is 2.68 bits per heavy atom. The molecule has 25 heavy (non-hydrogen) atoms. The van der Waals surface area contributed by atoms with Crippen molar-refractivity contribution in [2.24, 2.45) is 5.92 Å². The van der Waals surface area contributed by atoms with E-state index >= 15 is 0 Å². The lowest BCUT2D eigenvalue weighted by Gasteiger charge is -2.33. The predicted molar refractivity (Wildman–Crippen MR) is 95.3 cm³/mol. The standard InChI is InChI=1S/C18H22N2O4S/c21-18(13-7-11-25(22,23)12-13)20-9-5-14(6-10-20)24-17-3-1-2-16-15(17)4-8-19-16/h1-4,8,13-14,19H,5-7,9-12H2. The van der Waals surface area contributed by atoms with Crippen molar-refractivity contribution in [3.63, 3.8) is 0 Å². The Balaban J connectivity index is 1.35. The van der Waals surface area contributed by atoms with Crippen LogP contribution in [0.5, 0.6) is 5.75 Å². The molecule has 0 spiro atoms. The molecule has 2 aromatic rings. The number of ether oxygens (including phenoxy) is 1. The van der Waals surface area contributed by atoms with Crippen molar-refractivity contribution in [2.75, 3.05) is 24.6 Å². The Morgan fingerprint density at radius 1 is 1.16 bits per heavy atom. The van der Waals surface area contributed by atoms with Crippen LogP contribution in [-0.4, -0.2) is 54.9 Å². The number of likely N-dealkylation sites (tertiary alicyclic amines) is 1. The number of H-pyrrole nitrogens is 1. The summed E-state index contributed by atoms with van der Waals surface area (Å²) >= 11 is 0. The fourth-order valence-electron chi connectivity index (χ4n) is 3.78. The highest BCUT2D eigenvalue weighted by Gasteiger charge is 2.36. The Bertz CT molecular complexity index is 881. The molecule has 0 aliphatic carbocycles. The van der Waals surface area contributed by atoms with Gasteiger partial charge in [-0.1, -0.05) is 6.07 Å². The van der Waals surface area contributed by atoms with Gasteiger partial charge in [-0.2, -0.15) is 0 Å². The van der Waals surface area contributed by atoms with Gasteiger partial charge in [-0.05, 0) is 24.6 Å². The van der Waals surface area contributed by atoms with Crippen LogP contribution in [-0.2, 0) is 14.6 Å². The first-order chi connectivity index (χ1) is 12.0. The van der Waals surface area contributed by atoms with Gasteiger partial charge in [0.1, 0.15) is 11.9 Å². The largest absolute Gasteiger partial charge is 0.490 e. The van der Waals surface area contributed by atoms with Crippen LogP contribution >= 0.6 is 0 Å². The van der Waals surface area contributed by atoms with Crippen molar-refractivity contribution in [1.82, 2.24) is 9.88 Å². The van der Waals surface area contributed by atoms with E-state index in [1.165, 1.54) is 0 Å². The molecule has 0 bridgehead atoms. The SMILES string of the molecule is O=C(C1CCS(=O)(=O)C1)N1CCC(Oc2cccc3[nH]ccc23)CC1. The number of amides is 1. The molecule has 0 saturated carbocycles. The van der Waals surface area contributed by atoms with E-state index in [4.69, 9.17) is 4.74 Å². The Kier molecular flexibility index (Phi) is 4.19. The summed E-state index contributed by atoms with van der Waals surface area (Å²) in [5.41, 5.74) is 1.05. The van der Waals surface area contributed by atoms with E-state index in [0.29, 0.717) is 19.5 Å². The summed E-state index contributed by atoms with van der Waals surface area (Å²) in [5, 5.41) is 1.07. The first kappa shape index (κ1) is 16.4. The molecule has 134 valence electrons. The van der Waals surface area contributed by atoms with Crippen LogP contribution in [0.25, 0.3) is 10.9 Å². The topological polar surface area (TPSA) is 79.5 Å². The first-order valence-electron chi connectivity index (χ1n) is 8.74. The first-order valence-corrected chi connectivity index (χ1v) is 10.6. The molecule has 4 rings (SSSR count). The van der Waals surface area contributed by atoms with Gasteiger partial charge in [-0.3, -0.25) is 4.79 Å². The molecule has 2 aliphatic heterocycles. The quantitative estimate of drug-likeness (QED) is 0.905. The van der Waals surface area contributed by atoms with Gasteiger partial charge in [-0.25, -0.2) is 8.42 Å². The van der Waals surface area contributed by atoms with Gasteiger partial charge in [0.25, 0.3) is 0 Å². The number of nitrogens with zero attached hydrogens (tertiary/aromatic N) is 1. The van der Waals surface area contributed by atoms with Crippen molar-refractivity contribution >= 4 is 26.6 Å². The molecular formula is C18H22N2O4S. The Hall–Kier alpha value is -2.02. The number of piperidine rings is 1. The van der Waals surface area contributed by atoms with E-state index in [9.17, 15) is 13.2 Å². The van der Waals surface area contributed by atoms with Gasteiger partial charge < -0.3 is 14.6 Å². The second kappa shape index (κ2) is 6.37. The fraction of sp³-hybridized carbons (Fsp3) is 0.500. The highest BCUT2D eigenvalue weighted by atomic mass is 32.2. The molecule has 2 aliphatic rings. The number of carbonyl (C=O) groups excluding carboxylic acids is 1. The summed E-state index contributed by atoms with van der Waals surface area (Å²) in [6.07, 6.45) is 3.98. The van der Waals surface area contributed by atoms with Crippen molar-refractivity contribution < 1.29 is 17.9 Å². The fourth-order valence-corrected chi connectivity index (χ4v) is 5.51. The second-order valence-electron chi connectivity index (χ2n) is 6.94.